The zero-order valence-corrected chi connectivity index (χ0v) is 15.8. The molecule has 0 atom stereocenters. The molecule has 3 aliphatic rings. The van der Waals surface area contributed by atoms with Gasteiger partial charge in [0, 0.05) is 0 Å². The first kappa shape index (κ1) is 17.6. The lowest BCUT2D eigenvalue weighted by Gasteiger charge is -2.36. The van der Waals surface area contributed by atoms with Gasteiger partial charge in [0.15, 0.2) is 0 Å². The predicted molar refractivity (Wildman–Crippen MR) is 104 cm³/mol. The number of halogens is 1. The summed E-state index contributed by atoms with van der Waals surface area (Å²) in [6.07, 6.45) is 18.9. The summed E-state index contributed by atoms with van der Waals surface area (Å²) in [4.78, 5) is 0. The maximum atomic E-state index is 14.8. The van der Waals surface area contributed by atoms with Crippen molar-refractivity contribution in [2.75, 3.05) is 0 Å². The van der Waals surface area contributed by atoms with Gasteiger partial charge in [-0.3, -0.25) is 0 Å². The average Bonchev–Trinajstić information content (AvgIpc) is 2.69. The monoisotopic (exact) mass is 342 g/mol. The summed E-state index contributed by atoms with van der Waals surface area (Å²) in [6.45, 7) is 0. The van der Waals surface area contributed by atoms with Crippen molar-refractivity contribution in [1.82, 2.24) is 0 Å². The molecule has 0 aliphatic heterocycles. The molecule has 0 nitrogen and oxygen atoms in total. The van der Waals surface area contributed by atoms with Crippen LogP contribution in [0.4, 0.5) is 4.39 Å². The largest absolute Gasteiger partial charge is 0.207 e. The summed E-state index contributed by atoms with van der Waals surface area (Å²) in [6, 6.07) is 6.28. The van der Waals surface area contributed by atoms with Crippen molar-refractivity contribution in [3.05, 3.63) is 35.1 Å². The first-order valence-electron chi connectivity index (χ1n) is 11.1. The van der Waals surface area contributed by atoms with Crippen LogP contribution < -0.4 is 0 Å². The number of hydrogen-bond donors (Lipinski definition) is 0. The van der Waals surface area contributed by atoms with Crippen molar-refractivity contribution < 1.29 is 4.39 Å². The summed E-state index contributed by atoms with van der Waals surface area (Å²) < 4.78 is 14.8. The predicted octanol–water partition coefficient (Wildman–Crippen LogP) is 7.73. The second-order valence-electron chi connectivity index (χ2n) is 9.13. The van der Waals surface area contributed by atoms with Gasteiger partial charge < -0.3 is 0 Å². The van der Waals surface area contributed by atoms with E-state index in [1.807, 2.05) is 6.07 Å². The summed E-state index contributed by atoms with van der Waals surface area (Å²) in [7, 11) is 0. The Morgan fingerprint density at radius 3 is 1.84 bits per heavy atom. The molecule has 0 heterocycles. The molecule has 3 saturated carbocycles. The smallest absolute Gasteiger partial charge is 0.126 e. The maximum Gasteiger partial charge on any atom is 0.126 e. The lowest BCUT2D eigenvalue weighted by Crippen LogP contribution is -2.23. The van der Waals surface area contributed by atoms with Crippen LogP contribution in [0.2, 0.25) is 0 Å². The Hall–Kier alpha value is -0.850. The Balaban J connectivity index is 1.37. The fourth-order valence-electron chi connectivity index (χ4n) is 6.07. The van der Waals surface area contributed by atoms with Crippen LogP contribution in [0.1, 0.15) is 113 Å². The Bertz CT molecular complexity index is 543. The Morgan fingerprint density at radius 2 is 1.20 bits per heavy atom. The van der Waals surface area contributed by atoms with E-state index in [0.29, 0.717) is 11.8 Å². The molecule has 0 saturated heterocycles. The van der Waals surface area contributed by atoms with Gasteiger partial charge in [0.2, 0.25) is 0 Å². The van der Waals surface area contributed by atoms with Gasteiger partial charge in [-0.2, -0.15) is 0 Å². The van der Waals surface area contributed by atoms with Gasteiger partial charge in [-0.1, -0.05) is 63.5 Å². The van der Waals surface area contributed by atoms with Gasteiger partial charge >= 0.3 is 0 Å². The lowest BCUT2D eigenvalue weighted by atomic mass is 9.70. The van der Waals surface area contributed by atoms with Gasteiger partial charge in [-0.05, 0) is 79.4 Å². The highest BCUT2D eigenvalue weighted by Crippen LogP contribution is 2.44. The Kier molecular flexibility index (Phi) is 5.78. The second kappa shape index (κ2) is 8.23. The highest BCUT2D eigenvalue weighted by molar-refractivity contribution is 5.30. The fourth-order valence-corrected chi connectivity index (χ4v) is 6.07. The van der Waals surface area contributed by atoms with E-state index < -0.39 is 0 Å². The number of benzene rings is 1. The van der Waals surface area contributed by atoms with Gasteiger partial charge in [0.1, 0.15) is 5.82 Å². The van der Waals surface area contributed by atoms with Crippen LogP contribution >= 0.6 is 0 Å². The van der Waals surface area contributed by atoms with Crippen LogP contribution in [0.3, 0.4) is 0 Å². The van der Waals surface area contributed by atoms with Gasteiger partial charge in [-0.15, -0.1) is 0 Å². The molecule has 0 bridgehead atoms. The lowest BCUT2D eigenvalue weighted by molar-refractivity contribution is 0.185. The third-order valence-corrected chi connectivity index (χ3v) is 7.63. The molecule has 3 aliphatic carbocycles. The van der Waals surface area contributed by atoms with E-state index in [4.69, 9.17) is 0 Å². The SMILES string of the molecule is Fc1cc(C2CCCCC2)ccc1C1CCC(C2CCCCC2)CC1. The summed E-state index contributed by atoms with van der Waals surface area (Å²) in [5, 5.41) is 0. The van der Waals surface area contributed by atoms with E-state index in [0.717, 1.165) is 17.4 Å². The molecule has 1 heteroatoms. The van der Waals surface area contributed by atoms with E-state index in [2.05, 4.69) is 12.1 Å². The molecular formula is C24H35F. The summed E-state index contributed by atoms with van der Waals surface area (Å²) >= 11 is 0. The molecule has 25 heavy (non-hydrogen) atoms. The highest BCUT2D eigenvalue weighted by atomic mass is 19.1. The first-order chi connectivity index (χ1) is 12.3. The average molecular weight is 343 g/mol. The fraction of sp³-hybridized carbons (Fsp3) is 0.750. The van der Waals surface area contributed by atoms with Crippen LogP contribution in [0.5, 0.6) is 0 Å². The molecular weight excluding hydrogens is 307 g/mol. The van der Waals surface area contributed by atoms with Gasteiger partial charge in [0.05, 0.1) is 0 Å². The van der Waals surface area contributed by atoms with Gasteiger partial charge in [0.25, 0.3) is 0 Å². The molecule has 3 fully saturated rings. The van der Waals surface area contributed by atoms with Crippen molar-refractivity contribution >= 4 is 0 Å². The minimum Gasteiger partial charge on any atom is -0.207 e. The maximum absolute atomic E-state index is 14.8. The van der Waals surface area contributed by atoms with Crippen LogP contribution in [-0.4, -0.2) is 0 Å². The van der Waals surface area contributed by atoms with Crippen molar-refractivity contribution in [1.29, 1.82) is 0 Å². The molecule has 1 aromatic carbocycles. The first-order valence-corrected chi connectivity index (χ1v) is 11.1. The molecule has 0 N–H and O–H groups in total. The molecule has 0 amide bonds. The third-order valence-electron chi connectivity index (χ3n) is 7.63. The summed E-state index contributed by atoms with van der Waals surface area (Å²) in [5.74, 6) is 3.08. The van der Waals surface area contributed by atoms with Crippen LogP contribution in [-0.2, 0) is 0 Å². The molecule has 4 rings (SSSR count). The minimum absolute atomic E-state index is 0.0872. The quantitative estimate of drug-likeness (QED) is 0.527. The molecule has 0 unspecified atom stereocenters. The molecule has 0 aromatic heterocycles. The van der Waals surface area contributed by atoms with E-state index in [9.17, 15) is 4.39 Å². The van der Waals surface area contributed by atoms with Crippen molar-refractivity contribution in [3.63, 3.8) is 0 Å². The van der Waals surface area contributed by atoms with Crippen LogP contribution in [0, 0.1) is 17.7 Å². The molecule has 0 spiro atoms. The minimum atomic E-state index is 0.0872. The van der Waals surface area contributed by atoms with Crippen molar-refractivity contribution in [2.45, 2.75) is 102 Å². The van der Waals surface area contributed by atoms with Crippen molar-refractivity contribution in [3.8, 4) is 0 Å². The van der Waals surface area contributed by atoms with E-state index in [-0.39, 0.29) is 5.82 Å². The van der Waals surface area contributed by atoms with Crippen molar-refractivity contribution in [2.24, 2.45) is 11.8 Å². The number of hydrogen-bond acceptors (Lipinski definition) is 0. The normalized spacial score (nSPS) is 29.6. The second-order valence-corrected chi connectivity index (χ2v) is 9.13. The zero-order chi connectivity index (χ0) is 17.1. The highest BCUT2D eigenvalue weighted by Gasteiger charge is 2.30. The Morgan fingerprint density at radius 1 is 0.600 bits per heavy atom. The van der Waals surface area contributed by atoms with E-state index >= 15 is 0 Å². The molecule has 0 radical (unpaired) electrons. The number of rotatable bonds is 3. The van der Waals surface area contributed by atoms with Crippen LogP contribution in [0.15, 0.2) is 18.2 Å². The Labute approximate surface area is 153 Å². The molecule has 138 valence electrons. The summed E-state index contributed by atoms with van der Waals surface area (Å²) in [5.41, 5.74) is 2.28. The van der Waals surface area contributed by atoms with E-state index in [1.165, 1.54) is 95.5 Å². The third kappa shape index (κ3) is 4.12. The van der Waals surface area contributed by atoms with E-state index in [1.54, 1.807) is 0 Å². The van der Waals surface area contributed by atoms with Crippen LogP contribution in [0.25, 0.3) is 0 Å². The zero-order valence-electron chi connectivity index (χ0n) is 15.8. The standard InChI is InChI=1S/C24H35F/c25-24-17-22(19-9-5-2-6-10-19)15-16-23(24)21-13-11-20(12-14-21)18-7-3-1-4-8-18/h15-21H,1-14H2. The van der Waals surface area contributed by atoms with Gasteiger partial charge in [-0.25, -0.2) is 4.39 Å². The molecule has 1 aromatic rings. The topological polar surface area (TPSA) is 0 Å².